The van der Waals surface area contributed by atoms with E-state index in [1.807, 2.05) is 24.3 Å². The Labute approximate surface area is 145 Å². The number of methoxy groups -OCH3 is 1. The van der Waals surface area contributed by atoms with Crippen molar-refractivity contribution in [3.63, 3.8) is 0 Å². The number of amides is 1. The predicted octanol–water partition coefficient (Wildman–Crippen LogP) is 1.49. The van der Waals surface area contributed by atoms with Crippen molar-refractivity contribution in [2.24, 2.45) is 0 Å². The summed E-state index contributed by atoms with van der Waals surface area (Å²) in [5.74, 6) is 0.487. The van der Waals surface area contributed by atoms with Crippen molar-refractivity contribution >= 4 is 17.2 Å². The zero-order valence-electron chi connectivity index (χ0n) is 13.7. The van der Waals surface area contributed by atoms with Crippen LogP contribution in [0, 0.1) is 0 Å². The van der Waals surface area contributed by atoms with Crippen LogP contribution in [0.1, 0.15) is 20.1 Å². The maximum atomic E-state index is 12.3. The minimum atomic E-state index is -0.0579. The fraction of sp³-hybridized carbons (Fsp3) is 0.412. The van der Waals surface area contributed by atoms with Gasteiger partial charge in [0.25, 0.3) is 5.91 Å². The van der Waals surface area contributed by atoms with Crippen LogP contribution in [0.2, 0.25) is 0 Å². The maximum Gasteiger partial charge on any atom is 0.261 e. The van der Waals surface area contributed by atoms with Gasteiger partial charge in [-0.3, -0.25) is 9.69 Å². The lowest BCUT2D eigenvalue weighted by Crippen LogP contribution is -2.42. The van der Waals surface area contributed by atoms with Gasteiger partial charge in [-0.05, 0) is 18.2 Å². The first kappa shape index (κ1) is 16.9. The molecule has 0 spiro atoms. The minimum Gasteiger partial charge on any atom is -0.481 e. The zero-order chi connectivity index (χ0) is 16.8. The van der Waals surface area contributed by atoms with Gasteiger partial charge in [-0.25, -0.2) is 4.98 Å². The predicted molar refractivity (Wildman–Crippen MR) is 94.4 cm³/mol. The molecule has 0 radical (unpaired) electrons. The molecule has 0 aromatic carbocycles. The Morgan fingerprint density at radius 1 is 1.38 bits per heavy atom. The van der Waals surface area contributed by atoms with Crippen LogP contribution in [0.15, 0.2) is 30.5 Å². The van der Waals surface area contributed by atoms with Gasteiger partial charge in [0, 0.05) is 55.9 Å². The number of nitrogens with one attached hydrogen (secondary N) is 2. The van der Waals surface area contributed by atoms with E-state index < -0.39 is 0 Å². The van der Waals surface area contributed by atoms with Crippen LogP contribution in [0.3, 0.4) is 0 Å². The fourth-order valence-electron chi connectivity index (χ4n) is 2.68. The average Bonchev–Trinajstić information content (AvgIpc) is 3.09. The SMILES string of the molecule is COc1ncccc1CNC(=O)c1ccc(CN2CCNCC2)s1. The molecule has 24 heavy (non-hydrogen) atoms. The van der Waals surface area contributed by atoms with E-state index in [1.165, 1.54) is 4.88 Å². The molecule has 128 valence electrons. The number of pyridine rings is 1. The second-order valence-corrected chi connectivity index (χ2v) is 6.81. The Bertz CT molecular complexity index is 683. The summed E-state index contributed by atoms with van der Waals surface area (Å²) in [4.78, 5) is 20.8. The molecule has 6 nitrogen and oxygen atoms in total. The maximum absolute atomic E-state index is 12.3. The molecular formula is C17H22N4O2S. The van der Waals surface area contributed by atoms with E-state index in [9.17, 15) is 4.79 Å². The van der Waals surface area contributed by atoms with Crippen LogP contribution in [0.25, 0.3) is 0 Å². The highest BCUT2D eigenvalue weighted by molar-refractivity contribution is 7.14. The molecule has 1 aliphatic rings. The van der Waals surface area contributed by atoms with Crippen molar-refractivity contribution in [1.29, 1.82) is 0 Å². The van der Waals surface area contributed by atoms with Gasteiger partial charge in [0.2, 0.25) is 5.88 Å². The van der Waals surface area contributed by atoms with Crippen LogP contribution < -0.4 is 15.4 Å². The molecule has 2 aromatic rings. The van der Waals surface area contributed by atoms with Crippen molar-refractivity contribution in [2.75, 3.05) is 33.3 Å². The Balaban J connectivity index is 1.55. The zero-order valence-corrected chi connectivity index (χ0v) is 14.6. The highest BCUT2D eigenvalue weighted by Gasteiger charge is 2.14. The highest BCUT2D eigenvalue weighted by atomic mass is 32.1. The van der Waals surface area contributed by atoms with E-state index in [2.05, 4.69) is 20.5 Å². The number of piperazine rings is 1. The molecule has 2 aromatic heterocycles. The summed E-state index contributed by atoms with van der Waals surface area (Å²) in [7, 11) is 1.58. The Hall–Kier alpha value is -1.96. The summed E-state index contributed by atoms with van der Waals surface area (Å²) in [6, 6.07) is 7.68. The van der Waals surface area contributed by atoms with E-state index in [0.29, 0.717) is 12.4 Å². The number of ether oxygens (including phenoxy) is 1. The van der Waals surface area contributed by atoms with Crippen LogP contribution in [0.5, 0.6) is 5.88 Å². The van der Waals surface area contributed by atoms with Gasteiger partial charge in [-0.2, -0.15) is 0 Å². The number of thiophene rings is 1. The van der Waals surface area contributed by atoms with E-state index in [4.69, 9.17) is 4.74 Å². The topological polar surface area (TPSA) is 66.5 Å². The number of aromatic nitrogens is 1. The number of nitrogens with zero attached hydrogens (tertiary/aromatic N) is 2. The molecule has 3 rings (SSSR count). The third-order valence-corrected chi connectivity index (χ3v) is 5.03. The molecule has 0 atom stereocenters. The standard InChI is InChI=1S/C17H22N4O2S/c1-23-17-13(3-2-6-19-17)11-20-16(22)15-5-4-14(24-15)12-21-9-7-18-8-10-21/h2-6,18H,7-12H2,1H3,(H,20,22). The molecule has 7 heteroatoms. The van der Waals surface area contributed by atoms with Crippen LogP contribution >= 0.6 is 11.3 Å². The Kier molecular flexibility index (Phi) is 5.79. The summed E-state index contributed by atoms with van der Waals surface area (Å²) in [5, 5.41) is 6.28. The van der Waals surface area contributed by atoms with Gasteiger partial charge < -0.3 is 15.4 Å². The number of carbonyl (C=O) groups is 1. The van der Waals surface area contributed by atoms with Gasteiger partial charge in [-0.1, -0.05) is 6.07 Å². The van der Waals surface area contributed by atoms with Crippen molar-refractivity contribution in [3.8, 4) is 5.88 Å². The monoisotopic (exact) mass is 346 g/mol. The lowest BCUT2D eigenvalue weighted by Gasteiger charge is -2.26. The molecule has 0 unspecified atom stereocenters. The summed E-state index contributed by atoms with van der Waals surface area (Å²) in [6.45, 7) is 5.49. The summed E-state index contributed by atoms with van der Waals surface area (Å²) >= 11 is 1.56. The first-order valence-corrected chi connectivity index (χ1v) is 8.86. The van der Waals surface area contributed by atoms with Gasteiger partial charge in [0.15, 0.2) is 0 Å². The molecule has 1 aliphatic heterocycles. The molecule has 1 saturated heterocycles. The van der Waals surface area contributed by atoms with Crippen LogP contribution in [-0.2, 0) is 13.1 Å². The second kappa shape index (κ2) is 8.23. The highest BCUT2D eigenvalue weighted by Crippen LogP contribution is 2.19. The van der Waals surface area contributed by atoms with Gasteiger partial charge in [0.1, 0.15) is 0 Å². The molecular weight excluding hydrogens is 324 g/mol. The third-order valence-electron chi connectivity index (χ3n) is 3.96. The summed E-state index contributed by atoms with van der Waals surface area (Å²) in [6.07, 6.45) is 1.67. The van der Waals surface area contributed by atoms with E-state index >= 15 is 0 Å². The molecule has 0 saturated carbocycles. The molecule has 1 amide bonds. The van der Waals surface area contributed by atoms with Gasteiger partial charge >= 0.3 is 0 Å². The largest absolute Gasteiger partial charge is 0.481 e. The van der Waals surface area contributed by atoms with E-state index in [1.54, 1.807) is 24.6 Å². The number of hydrogen-bond acceptors (Lipinski definition) is 6. The smallest absolute Gasteiger partial charge is 0.261 e. The molecule has 2 N–H and O–H groups in total. The van der Waals surface area contributed by atoms with Crippen LogP contribution in [0.4, 0.5) is 0 Å². The molecule has 0 aliphatic carbocycles. The van der Waals surface area contributed by atoms with Gasteiger partial charge in [-0.15, -0.1) is 11.3 Å². The number of rotatable bonds is 6. The normalized spacial score (nSPS) is 15.2. The number of hydrogen-bond donors (Lipinski definition) is 2. The first-order chi connectivity index (χ1) is 11.8. The minimum absolute atomic E-state index is 0.0579. The third kappa shape index (κ3) is 4.31. The first-order valence-electron chi connectivity index (χ1n) is 8.04. The molecule has 0 bridgehead atoms. The van der Waals surface area contributed by atoms with Crippen molar-refractivity contribution in [1.82, 2.24) is 20.5 Å². The quantitative estimate of drug-likeness (QED) is 0.829. The second-order valence-electron chi connectivity index (χ2n) is 5.65. The average molecular weight is 346 g/mol. The number of carbonyl (C=O) groups excluding carboxylic acids is 1. The van der Waals surface area contributed by atoms with Crippen molar-refractivity contribution in [3.05, 3.63) is 45.8 Å². The van der Waals surface area contributed by atoms with E-state index in [-0.39, 0.29) is 5.91 Å². The Morgan fingerprint density at radius 3 is 3.00 bits per heavy atom. The van der Waals surface area contributed by atoms with E-state index in [0.717, 1.165) is 43.2 Å². The lowest BCUT2D eigenvalue weighted by molar-refractivity contribution is 0.0954. The Morgan fingerprint density at radius 2 is 2.21 bits per heavy atom. The summed E-state index contributed by atoms with van der Waals surface area (Å²) in [5.41, 5.74) is 0.867. The van der Waals surface area contributed by atoms with Crippen molar-refractivity contribution in [2.45, 2.75) is 13.1 Å². The fourth-order valence-corrected chi connectivity index (χ4v) is 3.65. The summed E-state index contributed by atoms with van der Waals surface area (Å²) < 4.78 is 5.20. The van der Waals surface area contributed by atoms with Crippen molar-refractivity contribution < 1.29 is 9.53 Å². The van der Waals surface area contributed by atoms with Crippen LogP contribution in [-0.4, -0.2) is 49.1 Å². The molecule has 3 heterocycles. The van der Waals surface area contributed by atoms with Gasteiger partial charge in [0.05, 0.1) is 12.0 Å². The lowest BCUT2D eigenvalue weighted by atomic mass is 10.2. The molecule has 1 fully saturated rings.